The van der Waals surface area contributed by atoms with Gasteiger partial charge in [-0.15, -0.1) is 0 Å². The number of rotatable bonds is 3. The highest BCUT2D eigenvalue weighted by molar-refractivity contribution is 6.31. The third kappa shape index (κ3) is 3.03. The van der Waals surface area contributed by atoms with Gasteiger partial charge in [-0.3, -0.25) is 4.79 Å². The summed E-state index contributed by atoms with van der Waals surface area (Å²) in [7, 11) is 1.48. The molecule has 4 nitrogen and oxygen atoms in total. The molecule has 0 heterocycles. The van der Waals surface area contributed by atoms with E-state index in [1.165, 1.54) is 13.2 Å². The average molecular weight is 292 g/mol. The van der Waals surface area contributed by atoms with Gasteiger partial charge in [-0.25, -0.2) is 0 Å². The summed E-state index contributed by atoms with van der Waals surface area (Å²) >= 11 is 5.86. The monoisotopic (exact) mass is 291 g/mol. The van der Waals surface area contributed by atoms with Crippen LogP contribution in [0.3, 0.4) is 0 Å². The summed E-state index contributed by atoms with van der Waals surface area (Å²) in [6.45, 7) is 1.80. The summed E-state index contributed by atoms with van der Waals surface area (Å²) in [6.07, 6.45) is 0. The normalized spacial score (nSPS) is 10.2. The number of hydrogen-bond acceptors (Lipinski definition) is 3. The van der Waals surface area contributed by atoms with Crippen LogP contribution in [0.25, 0.3) is 0 Å². The van der Waals surface area contributed by atoms with Crippen molar-refractivity contribution in [3.8, 4) is 11.5 Å². The summed E-state index contributed by atoms with van der Waals surface area (Å²) < 4.78 is 5.15. The van der Waals surface area contributed by atoms with Gasteiger partial charge >= 0.3 is 0 Å². The number of aromatic hydroxyl groups is 1. The van der Waals surface area contributed by atoms with E-state index in [-0.39, 0.29) is 11.7 Å². The van der Waals surface area contributed by atoms with Gasteiger partial charge in [0.15, 0.2) is 0 Å². The summed E-state index contributed by atoms with van der Waals surface area (Å²) in [6, 6.07) is 9.55. The predicted octanol–water partition coefficient (Wildman–Crippen LogP) is 3.61. The molecule has 0 atom stereocenters. The number of amides is 1. The molecule has 0 fully saturated rings. The van der Waals surface area contributed by atoms with Gasteiger partial charge in [-0.1, -0.05) is 11.6 Å². The molecule has 0 aromatic heterocycles. The van der Waals surface area contributed by atoms with Crippen LogP contribution in [0.5, 0.6) is 11.5 Å². The van der Waals surface area contributed by atoms with E-state index in [4.69, 9.17) is 16.3 Å². The minimum Gasteiger partial charge on any atom is -0.508 e. The molecule has 0 saturated carbocycles. The first-order valence-corrected chi connectivity index (χ1v) is 6.33. The highest BCUT2D eigenvalue weighted by Crippen LogP contribution is 2.25. The lowest BCUT2D eigenvalue weighted by Crippen LogP contribution is -2.13. The summed E-state index contributed by atoms with van der Waals surface area (Å²) in [4.78, 5) is 12.2. The fraction of sp³-hybridized carbons (Fsp3) is 0.133. The van der Waals surface area contributed by atoms with Crippen molar-refractivity contribution in [1.82, 2.24) is 0 Å². The van der Waals surface area contributed by atoms with Crippen molar-refractivity contribution in [1.29, 1.82) is 0 Å². The van der Waals surface area contributed by atoms with Crippen LogP contribution in [0.15, 0.2) is 36.4 Å². The minimum atomic E-state index is -0.299. The highest BCUT2D eigenvalue weighted by Gasteiger charge is 2.13. The fourth-order valence-corrected chi connectivity index (χ4v) is 1.99. The van der Waals surface area contributed by atoms with Crippen LogP contribution in [0.4, 0.5) is 5.69 Å². The fourth-order valence-electron chi connectivity index (χ4n) is 1.83. The Kier molecular flexibility index (Phi) is 4.15. The molecule has 2 aromatic carbocycles. The molecule has 0 unspecified atom stereocenters. The molecular formula is C15H14ClNO3. The standard InChI is InChI=1S/C15H14ClNO3/c1-9-7-11(18)4-6-13(9)17-15(19)12-5-3-10(16)8-14(12)20-2/h3-8,18H,1-2H3,(H,17,19). The van der Waals surface area contributed by atoms with Crippen LogP contribution in [0.1, 0.15) is 15.9 Å². The van der Waals surface area contributed by atoms with Crippen molar-refractivity contribution < 1.29 is 14.6 Å². The first-order valence-electron chi connectivity index (χ1n) is 5.96. The van der Waals surface area contributed by atoms with Crippen molar-refractivity contribution in [3.05, 3.63) is 52.5 Å². The Morgan fingerprint density at radius 2 is 2.00 bits per heavy atom. The van der Waals surface area contributed by atoms with Crippen LogP contribution in [0, 0.1) is 6.92 Å². The number of carbonyl (C=O) groups is 1. The molecular weight excluding hydrogens is 278 g/mol. The second-order valence-corrected chi connectivity index (χ2v) is 4.73. The maximum absolute atomic E-state index is 12.2. The van der Waals surface area contributed by atoms with E-state index in [1.807, 2.05) is 0 Å². The van der Waals surface area contributed by atoms with E-state index >= 15 is 0 Å². The molecule has 104 valence electrons. The number of halogens is 1. The Morgan fingerprint density at radius 3 is 2.65 bits per heavy atom. The van der Waals surface area contributed by atoms with Gasteiger partial charge in [-0.05, 0) is 48.9 Å². The number of phenols is 1. The van der Waals surface area contributed by atoms with Crippen molar-refractivity contribution in [2.45, 2.75) is 6.92 Å². The lowest BCUT2D eigenvalue weighted by molar-refractivity contribution is 0.102. The van der Waals surface area contributed by atoms with E-state index < -0.39 is 0 Å². The molecule has 0 aliphatic rings. The van der Waals surface area contributed by atoms with Gasteiger partial charge < -0.3 is 15.2 Å². The van der Waals surface area contributed by atoms with Crippen molar-refractivity contribution >= 4 is 23.2 Å². The van der Waals surface area contributed by atoms with Crippen LogP contribution in [-0.2, 0) is 0 Å². The maximum Gasteiger partial charge on any atom is 0.259 e. The number of ether oxygens (including phenoxy) is 1. The molecule has 2 rings (SSSR count). The third-order valence-corrected chi connectivity index (χ3v) is 3.10. The molecule has 0 aliphatic carbocycles. The van der Waals surface area contributed by atoms with Crippen molar-refractivity contribution in [2.75, 3.05) is 12.4 Å². The Hall–Kier alpha value is -2.20. The number of anilines is 1. The zero-order chi connectivity index (χ0) is 14.7. The molecule has 2 N–H and O–H groups in total. The number of phenolic OH excluding ortho intramolecular Hbond substituents is 1. The first-order chi connectivity index (χ1) is 9.51. The lowest BCUT2D eigenvalue weighted by atomic mass is 10.1. The number of benzene rings is 2. The van der Waals surface area contributed by atoms with Crippen LogP contribution in [-0.4, -0.2) is 18.1 Å². The number of nitrogens with one attached hydrogen (secondary N) is 1. The maximum atomic E-state index is 12.2. The third-order valence-electron chi connectivity index (χ3n) is 2.87. The van der Waals surface area contributed by atoms with E-state index in [1.54, 1.807) is 37.3 Å². The van der Waals surface area contributed by atoms with Gasteiger partial charge in [0.1, 0.15) is 11.5 Å². The predicted molar refractivity (Wildman–Crippen MR) is 78.8 cm³/mol. The molecule has 0 radical (unpaired) electrons. The number of carbonyl (C=O) groups excluding carboxylic acids is 1. The van der Waals surface area contributed by atoms with E-state index in [0.717, 1.165) is 5.56 Å². The SMILES string of the molecule is COc1cc(Cl)ccc1C(=O)Nc1ccc(O)cc1C. The molecule has 0 bridgehead atoms. The van der Waals surface area contributed by atoms with E-state index in [2.05, 4.69) is 5.32 Å². The lowest BCUT2D eigenvalue weighted by Gasteiger charge is -2.11. The largest absolute Gasteiger partial charge is 0.508 e. The van der Waals surface area contributed by atoms with Crippen LogP contribution < -0.4 is 10.1 Å². The smallest absolute Gasteiger partial charge is 0.259 e. The van der Waals surface area contributed by atoms with Gasteiger partial charge in [0.2, 0.25) is 0 Å². The number of hydrogen-bond donors (Lipinski definition) is 2. The Morgan fingerprint density at radius 1 is 1.25 bits per heavy atom. The van der Waals surface area contributed by atoms with E-state index in [0.29, 0.717) is 22.0 Å². The van der Waals surface area contributed by atoms with Crippen molar-refractivity contribution in [3.63, 3.8) is 0 Å². The van der Waals surface area contributed by atoms with Crippen LogP contribution >= 0.6 is 11.6 Å². The minimum absolute atomic E-state index is 0.157. The number of aryl methyl sites for hydroxylation is 1. The topological polar surface area (TPSA) is 58.6 Å². The van der Waals surface area contributed by atoms with Gasteiger partial charge in [-0.2, -0.15) is 0 Å². The average Bonchev–Trinajstić information content (AvgIpc) is 2.41. The first kappa shape index (κ1) is 14.2. The quantitative estimate of drug-likeness (QED) is 0.849. The molecule has 2 aromatic rings. The second kappa shape index (κ2) is 5.84. The molecule has 20 heavy (non-hydrogen) atoms. The van der Waals surface area contributed by atoms with Crippen LogP contribution in [0.2, 0.25) is 5.02 Å². The summed E-state index contributed by atoms with van der Waals surface area (Å²) in [5.41, 5.74) is 1.79. The Labute approximate surface area is 122 Å². The Bertz CT molecular complexity index is 656. The van der Waals surface area contributed by atoms with Gasteiger partial charge in [0, 0.05) is 10.7 Å². The molecule has 0 spiro atoms. The molecule has 1 amide bonds. The summed E-state index contributed by atoms with van der Waals surface area (Å²) in [5.74, 6) is 0.267. The van der Waals surface area contributed by atoms with Gasteiger partial charge in [0.25, 0.3) is 5.91 Å². The van der Waals surface area contributed by atoms with Gasteiger partial charge in [0.05, 0.1) is 12.7 Å². The molecule has 0 saturated heterocycles. The Balaban J connectivity index is 2.28. The van der Waals surface area contributed by atoms with Crippen molar-refractivity contribution in [2.24, 2.45) is 0 Å². The molecule has 0 aliphatic heterocycles. The number of methoxy groups -OCH3 is 1. The second-order valence-electron chi connectivity index (χ2n) is 4.30. The zero-order valence-corrected chi connectivity index (χ0v) is 11.9. The van der Waals surface area contributed by atoms with E-state index in [9.17, 15) is 9.90 Å². The molecule has 5 heteroatoms. The zero-order valence-electron chi connectivity index (χ0n) is 11.1. The highest BCUT2D eigenvalue weighted by atomic mass is 35.5. The summed E-state index contributed by atoms with van der Waals surface area (Å²) in [5, 5.41) is 12.6.